The van der Waals surface area contributed by atoms with Crippen LogP contribution in [0, 0.1) is 0 Å². The van der Waals surface area contributed by atoms with Gasteiger partial charge in [-0.15, -0.1) is 0 Å². The first-order chi connectivity index (χ1) is 16.2. The van der Waals surface area contributed by atoms with E-state index in [1.807, 2.05) is 10.8 Å². The molecular formula is C28H23N3O2. The fourth-order valence-corrected chi connectivity index (χ4v) is 4.91. The third-order valence-corrected chi connectivity index (χ3v) is 6.59. The Morgan fingerprint density at radius 3 is 2.36 bits per heavy atom. The van der Waals surface area contributed by atoms with E-state index in [9.17, 15) is 9.59 Å². The highest BCUT2D eigenvalue weighted by atomic mass is 16.2. The summed E-state index contributed by atoms with van der Waals surface area (Å²) in [5.74, 6) is -0.435. The molecule has 0 N–H and O–H groups in total. The number of nitrogens with zero attached hydrogens (tertiary/aromatic N) is 3. The van der Waals surface area contributed by atoms with Crippen molar-refractivity contribution in [3.8, 4) is 0 Å². The van der Waals surface area contributed by atoms with Gasteiger partial charge in [-0.05, 0) is 64.9 Å². The number of aryl methyl sites for hydroxylation is 1. The van der Waals surface area contributed by atoms with Crippen LogP contribution in [-0.4, -0.2) is 33.0 Å². The van der Waals surface area contributed by atoms with Crippen LogP contribution in [0.5, 0.6) is 0 Å². The van der Waals surface area contributed by atoms with E-state index in [1.54, 1.807) is 24.3 Å². The number of aromatic nitrogens is 2. The van der Waals surface area contributed by atoms with Gasteiger partial charge in [-0.1, -0.05) is 54.6 Å². The largest absolute Gasteiger partial charge is 0.270 e. The molecule has 0 unspecified atom stereocenters. The molecule has 1 aliphatic heterocycles. The second-order valence-corrected chi connectivity index (χ2v) is 8.73. The summed E-state index contributed by atoms with van der Waals surface area (Å²) in [7, 11) is 0. The van der Waals surface area contributed by atoms with Crippen LogP contribution in [0.25, 0.3) is 16.3 Å². The quantitative estimate of drug-likeness (QED) is 0.421. The lowest BCUT2D eigenvalue weighted by Crippen LogP contribution is -2.30. The number of hydrogen-bond donors (Lipinski definition) is 0. The van der Waals surface area contributed by atoms with E-state index in [1.165, 1.54) is 26.8 Å². The summed E-state index contributed by atoms with van der Waals surface area (Å²) in [4.78, 5) is 26.7. The van der Waals surface area contributed by atoms with Gasteiger partial charge in [-0.2, -0.15) is 5.10 Å². The number of rotatable bonds is 4. The minimum absolute atomic E-state index is 0.217. The van der Waals surface area contributed by atoms with E-state index < -0.39 is 0 Å². The molecule has 2 heterocycles. The lowest BCUT2D eigenvalue weighted by Gasteiger charge is -2.16. The first-order valence-corrected chi connectivity index (χ1v) is 11.4. The molecule has 0 spiro atoms. The van der Waals surface area contributed by atoms with Crippen molar-refractivity contribution >= 4 is 28.2 Å². The van der Waals surface area contributed by atoms with Crippen LogP contribution < -0.4 is 0 Å². The molecule has 0 saturated heterocycles. The molecule has 0 atom stereocenters. The summed E-state index contributed by atoms with van der Waals surface area (Å²) < 4.78 is 2.01. The standard InChI is InChI=1S/C28H23N3O2/c32-27-24-10-3-4-11-25(24)28(33)31(27)15-14-21-8-5-9-23-18-30(29-26(21)23)17-19-12-13-20-6-1-2-7-22(20)16-19/h1-4,6-7,10-14,16,18H,5,8-9,15,17H2/b21-14+. The van der Waals surface area contributed by atoms with Gasteiger partial charge in [0.25, 0.3) is 11.8 Å². The van der Waals surface area contributed by atoms with Crippen LogP contribution in [-0.2, 0) is 13.0 Å². The lowest BCUT2D eigenvalue weighted by atomic mass is 9.93. The van der Waals surface area contributed by atoms with Gasteiger partial charge in [0, 0.05) is 12.7 Å². The lowest BCUT2D eigenvalue weighted by molar-refractivity contribution is 0.0672. The number of carbonyl (C=O) groups excluding carboxylic acids is 2. The predicted molar refractivity (Wildman–Crippen MR) is 128 cm³/mol. The highest BCUT2D eigenvalue weighted by Gasteiger charge is 2.34. The normalized spacial score (nSPS) is 16.5. The average Bonchev–Trinajstić information content (AvgIpc) is 3.36. The second-order valence-electron chi connectivity index (χ2n) is 8.73. The molecule has 2 aliphatic rings. The van der Waals surface area contributed by atoms with Crippen molar-refractivity contribution in [1.29, 1.82) is 0 Å². The molecule has 0 fully saturated rings. The van der Waals surface area contributed by atoms with Crippen molar-refractivity contribution in [2.45, 2.75) is 25.8 Å². The smallest absolute Gasteiger partial charge is 0.261 e. The van der Waals surface area contributed by atoms with Gasteiger partial charge in [-0.3, -0.25) is 19.2 Å². The van der Waals surface area contributed by atoms with Crippen LogP contribution in [0.15, 0.2) is 79.0 Å². The molecule has 5 heteroatoms. The van der Waals surface area contributed by atoms with Gasteiger partial charge in [0.1, 0.15) is 0 Å². The fourth-order valence-electron chi connectivity index (χ4n) is 4.91. The van der Waals surface area contributed by atoms with Crippen LogP contribution >= 0.6 is 0 Å². The number of fused-ring (bicyclic) bond motifs is 3. The van der Waals surface area contributed by atoms with Crippen LogP contribution in [0.4, 0.5) is 0 Å². The topological polar surface area (TPSA) is 55.2 Å². The minimum atomic E-state index is -0.217. The van der Waals surface area contributed by atoms with E-state index in [2.05, 4.69) is 48.7 Å². The van der Waals surface area contributed by atoms with Crippen molar-refractivity contribution in [3.05, 3.63) is 107 Å². The molecule has 6 rings (SSSR count). The Morgan fingerprint density at radius 2 is 1.58 bits per heavy atom. The Hall–Kier alpha value is -3.99. The highest BCUT2D eigenvalue weighted by Crippen LogP contribution is 2.31. The minimum Gasteiger partial charge on any atom is -0.270 e. The molecule has 3 aromatic carbocycles. The molecule has 0 saturated carbocycles. The molecule has 0 bridgehead atoms. The zero-order valence-electron chi connectivity index (χ0n) is 18.2. The van der Waals surface area contributed by atoms with Gasteiger partial charge in [0.15, 0.2) is 0 Å². The average molecular weight is 434 g/mol. The number of carbonyl (C=O) groups is 2. The van der Waals surface area contributed by atoms with Crippen LogP contribution in [0.3, 0.4) is 0 Å². The van der Waals surface area contributed by atoms with E-state index in [4.69, 9.17) is 5.10 Å². The summed E-state index contributed by atoms with van der Waals surface area (Å²) in [6.45, 7) is 0.988. The van der Waals surface area contributed by atoms with Gasteiger partial charge in [0.2, 0.25) is 0 Å². The van der Waals surface area contributed by atoms with Crippen molar-refractivity contribution in [2.75, 3.05) is 6.54 Å². The Kier molecular flexibility index (Phi) is 4.68. The van der Waals surface area contributed by atoms with E-state index in [0.29, 0.717) is 17.7 Å². The van der Waals surface area contributed by atoms with Crippen molar-refractivity contribution in [3.63, 3.8) is 0 Å². The number of imide groups is 1. The SMILES string of the molecule is O=C1c2ccccc2C(=O)N1C/C=C1\CCCc2cn(Cc3ccc4ccccc4c3)nc21. The van der Waals surface area contributed by atoms with E-state index >= 15 is 0 Å². The Morgan fingerprint density at radius 1 is 0.848 bits per heavy atom. The second kappa shape index (κ2) is 7.85. The monoisotopic (exact) mass is 433 g/mol. The van der Waals surface area contributed by atoms with Crippen LogP contribution in [0.2, 0.25) is 0 Å². The van der Waals surface area contributed by atoms with Gasteiger partial charge in [0.05, 0.1) is 23.4 Å². The Labute approximate surface area is 192 Å². The Balaban J connectivity index is 1.24. The van der Waals surface area contributed by atoms with E-state index in [-0.39, 0.29) is 18.4 Å². The van der Waals surface area contributed by atoms with Gasteiger partial charge >= 0.3 is 0 Å². The number of allylic oxidation sites excluding steroid dienone is 1. The number of benzene rings is 3. The summed E-state index contributed by atoms with van der Waals surface area (Å²) >= 11 is 0. The van der Waals surface area contributed by atoms with Gasteiger partial charge < -0.3 is 0 Å². The molecule has 1 aliphatic carbocycles. The fraction of sp³-hybridized carbons (Fsp3) is 0.179. The third kappa shape index (κ3) is 3.46. The summed E-state index contributed by atoms with van der Waals surface area (Å²) in [5, 5.41) is 7.36. The van der Waals surface area contributed by atoms with Crippen LogP contribution in [0.1, 0.15) is 50.4 Å². The molecule has 0 radical (unpaired) electrons. The first kappa shape index (κ1) is 19.7. The molecule has 4 aromatic rings. The van der Waals surface area contributed by atoms with Crippen molar-refractivity contribution < 1.29 is 9.59 Å². The highest BCUT2D eigenvalue weighted by molar-refractivity contribution is 6.21. The first-order valence-electron chi connectivity index (χ1n) is 11.4. The maximum Gasteiger partial charge on any atom is 0.261 e. The maximum atomic E-state index is 12.7. The Bertz CT molecular complexity index is 1410. The van der Waals surface area contributed by atoms with Crippen molar-refractivity contribution in [2.24, 2.45) is 0 Å². The summed E-state index contributed by atoms with van der Waals surface area (Å²) in [6, 6.07) is 21.9. The predicted octanol–water partition coefficient (Wildman–Crippen LogP) is 5.10. The van der Waals surface area contributed by atoms with Gasteiger partial charge in [-0.25, -0.2) is 0 Å². The molecule has 162 valence electrons. The summed E-state index contributed by atoms with van der Waals surface area (Å²) in [6.07, 6.45) is 7.09. The zero-order valence-corrected chi connectivity index (χ0v) is 18.2. The molecule has 1 aromatic heterocycles. The molecule has 33 heavy (non-hydrogen) atoms. The third-order valence-electron chi connectivity index (χ3n) is 6.59. The molecule has 2 amide bonds. The number of hydrogen-bond acceptors (Lipinski definition) is 3. The summed E-state index contributed by atoms with van der Waals surface area (Å²) in [5.41, 5.74) is 5.54. The van der Waals surface area contributed by atoms with Crippen molar-refractivity contribution in [1.82, 2.24) is 14.7 Å². The molecule has 5 nitrogen and oxygen atoms in total. The maximum absolute atomic E-state index is 12.7. The number of amides is 2. The molecular weight excluding hydrogens is 410 g/mol. The van der Waals surface area contributed by atoms with E-state index in [0.717, 1.165) is 30.5 Å². The zero-order chi connectivity index (χ0) is 22.4.